The molecular formula is C11H8ClNO2. The third kappa shape index (κ3) is 2.19. The van der Waals surface area contributed by atoms with Crippen LogP contribution in [-0.2, 0) is 4.79 Å². The van der Waals surface area contributed by atoms with Gasteiger partial charge < -0.3 is 10.2 Å². The highest BCUT2D eigenvalue weighted by Crippen LogP contribution is 2.23. The first-order valence-electron chi connectivity index (χ1n) is 4.32. The number of furan rings is 1. The molecule has 2 aromatic rings. The van der Waals surface area contributed by atoms with Gasteiger partial charge in [-0.15, -0.1) is 0 Å². The molecule has 15 heavy (non-hydrogen) atoms. The van der Waals surface area contributed by atoms with Gasteiger partial charge in [0.15, 0.2) is 0 Å². The van der Waals surface area contributed by atoms with Gasteiger partial charge in [-0.25, -0.2) is 0 Å². The number of fused-ring (bicyclic) bond motifs is 1. The van der Waals surface area contributed by atoms with Crippen molar-refractivity contribution >= 4 is 34.6 Å². The van der Waals surface area contributed by atoms with Gasteiger partial charge in [-0.2, -0.15) is 0 Å². The van der Waals surface area contributed by atoms with Crippen LogP contribution in [0.3, 0.4) is 0 Å². The normalized spacial score (nSPS) is 11.3. The van der Waals surface area contributed by atoms with E-state index in [4.69, 9.17) is 21.8 Å². The first-order valence-corrected chi connectivity index (χ1v) is 4.69. The Morgan fingerprint density at radius 3 is 2.93 bits per heavy atom. The number of carbonyl (C=O) groups excluding carboxylic acids is 1. The highest BCUT2D eigenvalue weighted by Gasteiger charge is 2.01. The van der Waals surface area contributed by atoms with Crippen LogP contribution in [0, 0.1) is 0 Å². The summed E-state index contributed by atoms with van der Waals surface area (Å²) in [7, 11) is 0. The highest BCUT2D eigenvalue weighted by molar-refractivity contribution is 6.31. The zero-order chi connectivity index (χ0) is 10.8. The molecule has 0 spiro atoms. The number of benzene rings is 1. The summed E-state index contributed by atoms with van der Waals surface area (Å²) in [6.45, 7) is 0. The van der Waals surface area contributed by atoms with Crippen LogP contribution < -0.4 is 5.73 Å². The van der Waals surface area contributed by atoms with Crippen molar-refractivity contribution in [3.05, 3.63) is 41.1 Å². The maximum Gasteiger partial charge on any atom is 0.241 e. The quantitative estimate of drug-likeness (QED) is 0.793. The van der Waals surface area contributed by atoms with Crippen LogP contribution >= 0.6 is 11.6 Å². The molecule has 0 saturated carbocycles. The number of carbonyl (C=O) groups is 1. The fourth-order valence-electron chi connectivity index (χ4n) is 1.28. The van der Waals surface area contributed by atoms with Crippen molar-refractivity contribution in [2.24, 2.45) is 5.73 Å². The summed E-state index contributed by atoms with van der Waals surface area (Å²) >= 11 is 5.82. The van der Waals surface area contributed by atoms with Crippen molar-refractivity contribution in [1.82, 2.24) is 0 Å². The number of halogens is 1. The van der Waals surface area contributed by atoms with Crippen LogP contribution in [0.15, 0.2) is 34.8 Å². The monoisotopic (exact) mass is 221 g/mol. The van der Waals surface area contributed by atoms with Gasteiger partial charge in [-0.1, -0.05) is 11.6 Å². The molecule has 0 saturated heterocycles. The SMILES string of the molecule is NC(=O)/C=C/c1cc2cc(Cl)ccc2o1. The molecule has 2 N–H and O–H groups in total. The number of amides is 1. The van der Waals surface area contributed by atoms with Gasteiger partial charge >= 0.3 is 0 Å². The summed E-state index contributed by atoms with van der Waals surface area (Å²) in [6, 6.07) is 7.11. The van der Waals surface area contributed by atoms with Crippen molar-refractivity contribution in [3.63, 3.8) is 0 Å². The van der Waals surface area contributed by atoms with E-state index < -0.39 is 5.91 Å². The van der Waals surface area contributed by atoms with E-state index >= 15 is 0 Å². The Labute approximate surface area is 91.1 Å². The van der Waals surface area contributed by atoms with E-state index in [1.54, 1.807) is 24.3 Å². The third-order valence-corrected chi connectivity index (χ3v) is 2.14. The molecular weight excluding hydrogens is 214 g/mol. The van der Waals surface area contributed by atoms with Gasteiger partial charge in [0.1, 0.15) is 11.3 Å². The smallest absolute Gasteiger partial charge is 0.241 e. The molecule has 0 aliphatic heterocycles. The van der Waals surface area contributed by atoms with Gasteiger partial charge in [0.2, 0.25) is 5.91 Å². The highest BCUT2D eigenvalue weighted by atomic mass is 35.5. The molecule has 1 aromatic heterocycles. The number of rotatable bonds is 2. The zero-order valence-corrected chi connectivity index (χ0v) is 8.49. The maximum atomic E-state index is 10.5. The van der Waals surface area contributed by atoms with Crippen LogP contribution in [0.4, 0.5) is 0 Å². The average Bonchev–Trinajstić information content (AvgIpc) is 2.56. The molecule has 4 heteroatoms. The van der Waals surface area contributed by atoms with Crippen LogP contribution in [0.1, 0.15) is 5.76 Å². The van der Waals surface area contributed by atoms with Crippen molar-refractivity contribution < 1.29 is 9.21 Å². The maximum absolute atomic E-state index is 10.5. The fraction of sp³-hybridized carbons (Fsp3) is 0. The summed E-state index contributed by atoms with van der Waals surface area (Å²) in [5, 5.41) is 1.54. The first-order chi connectivity index (χ1) is 7.15. The third-order valence-electron chi connectivity index (χ3n) is 1.91. The molecule has 3 nitrogen and oxygen atoms in total. The van der Waals surface area contributed by atoms with Crippen molar-refractivity contribution in [1.29, 1.82) is 0 Å². The zero-order valence-electron chi connectivity index (χ0n) is 7.74. The van der Waals surface area contributed by atoms with Crippen molar-refractivity contribution in [3.8, 4) is 0 Å². The summed E-state index contributed by atoms with van der Waals surface area (Å²) in [6.07, 6.45) is 2.77. The van der Waals surface area contributed by atoms with Crippen LogP contribution in [0.2, 0.25) is 5.02 Å². The minimum Gasteiger partial charge on any atom is -0.457 e. The molecule has 0 aliphatic rings. The minimum absolute atomic E-state index is 0.506. The topological polar surface area (TPSA) is 56.2 Å². The standard InChI is InChI=1S/C11H8ClNO2/c12-8-1-3-10-7(5-8)6-9(15-10)2-4-11(13)14/h1-6H,(H2,13,14)/b4-2+. The predicted molar refractivity (Wildman–Crippen MR) is 59.5 cm³/mol. The van der Waals surface area contributed by atoms with E-state index in [1.807, 2.05) is 0 Å². The van der Waals surface area contributed by atoms with Crippen LogP contribution in [0.25, 0.3) is 17.0 Å². The second-order valence-corrected chi connectivity index (χ2v) is 3.50. The molecule has 1 aromatic carbocycles. The fourth-order valence-corrected chi connectivity index (χ4v) is 1.46. The van der Waals surface area contributed by atoms with Gasteiger partial charge in [0.25, 0.3) is 0 Å². The van der Waals surface area contributed by atoms with E-state index in [0.29, 0.717) is 10.8 Å². The number of hydrogen-bond acceptors (Lipinski definition) is 2. The molecule has 76 valence electrons. The van der Waals surface area contributed by atoms with E-state index in [2.05, 4.69) is 0 Å². The molecule has 0 bridgehead atoms. The Morgan fingerprint density at radius 1 is 1.40 bits per heavy atom. The van der Waals surface area contributed by atoms with Gasteiger partial charge in [0, 0.05) is 16.5 Å². The molecule has 1 heterocycles. The summed E-state index contributed by atoms with van der Waals surface area (Å²) in [5.41, 5.74) is 5.70. The Hall–Kier alpha value is -1.74. The Kier molecular flexibility index (Phi) is 2.47. The molecule has 0 radical (unpaired) electrons. The van der Waals surface area contributed by atoms with Gasteiger partial charge in [-0.05, 0) is 30.3 Å². The second-order valence-electron chi connectivity index (χ2n) is 3.07. The van der Waals surface area contributed by atoms with Gasteiger partial charge in [-0.3, -0.25) is 4.79 Å². The Balaban J connectivity index is 2.43. The van der Waals surface area contributed by atoms with Gasteiger partial charge in [0.05, 0.1) is 0 Å². The minimum atomic E-state index is -0.506. The Morgan fingerprint density at radius 2 is 2.20 bits per heavy atom. The lowest BCUT2D eigenvalue weighted by molar-refractivity contribution is -0.113. The lowest BCUT2D eigenvalue weighted by atomic mass is 10.2. The van der Waals surface area contributed by atoms with Crippen LogP contribution in [0.5, 0.6) is 0 Å². The molecule has 0 unspecified atom stereocenters. The average molecular weight is 222 g/mol. The number of hydrogen-bond donors (Lipinski definition) is 1. The molecule has 1 amide bonds. The Bertz CT molecular complexity index is 543. The van der Waals surface area contributed by atoms with E-state index in [0.717, 1.165) is 11.0 Å². The van der Waals surface area contributed by atoms with E-state index in [1.165, 1.54) is 12.2 Å². The lowest BCUT2D eigenvalue weighted by Gasteiger charge is -1.87. The second kappa shape index (κ2) is 3.79. The summed E-state index contributed by atoms with van der Waals surface area (Å²) < 4.78 is 5.42. The van der Waals surface area contributed by atoms with E-state index in [9.17, 15) is 4.79 Å². The van der Waals surface area contributed by atoms with Crippen molar-refractivity contribution in [2.45, 2.75) is 0 Å². The number of primary amides is 1. The molecule has 0 aliphatic carbocycles. The molecule has 0 atom stereocenters. The predicted octanol–water partition coefficient (Wildman–Crippen LogP) is 2.58. The summed E-state index contributed by atoms with van der Waals surface area (Å²) in [4.78, 5) is 10.5. The first kappa shape index (κ1) is 9.80. The summed E-state index contributed by atoms with van der Waals surface area (Å²) in [5.74, 6) is 0.0690. The lowest BCUT2D eigenvalue weighted by Crippen LogP contribution is -2.04. The molecule has 0 fully saturated rings. The number of nitrogens with two attached hydrogens (primary N) is 1. The largest absolute Gasteiger partial charge is 0.457 e. The van der Waals surface area contributed by atoms with Crippen molar-refractivity contribution in [2.75, 3.05) is 0 Å². The molecule has 2 rings (SSSR count). The van der Waals surface area contributed by atoms with E-state index in [-0.39, 0.29) is 0 Å². The van der Waals surface area contributed by atoms with Crippen LogP contribution in [-0.4, -0.2) is 5.91 Å².